The second kappa shape index (κ2) is 9.50. The summed E-state index contributed by atoms with van der Waals surface area (Å²) in [5.74, 6) is -0.600. The number of hydrogen-bond donors (Lipinski definition) is 2. The first-order chi connectivity index (χ1) is 14.5. The van der Waals surface area contributed by atoms with Gasteiger partial charge >= 0.3 is 12.0 Å². The molecular formula is C24H34ClN2O3P. The minimum absolute atomic E-state index is 0.0532. The van der Waals surface area contributed by atoms with E-state index in [1.807, 2.05) is 6.20 Å². The van der Waals surface area contributed by atoms with Crippen LogP contribution in [-0.4, -0.2) is 33.8 Å². The van der Waals surface area contributed by atoms with Crippen LogP contribution in [0.1, 0.15) is 65.4 Å². The highest BCUT2D eigenvalue weighted by Gasteiger charge is 2.39. The van der Waals surface area contributed by atoms with Gasteiger partial charge in [-0.1, -0.05) is 53.1 Å². The van der Waals surface area contributed by atoms with E-state index in [1.54, 1.807) is 4.90 Å². The van der Waals surface area contributed by atoms with Crippen molar-refractivity contribution in [2.24, 2.45) is 11.3 Å². The molecule has 2 aliphatic rings. The zero-order valence-electron chi connectivity index (χ0n) is 18.9. The van der Waals surface area contributed by atoms with Crippen LogP contribution in [0.3, 0.4) is 0 Å². The first kappa shape index (κ1) is 24.1. The summed E-state index contributed by atoms with van der Waals surface area (Å²) in [5, 5.41) is 13.5. The molecule has 2 amide bonds. The summed E-state index contributed by atoms with van der Waals surface area (Å²) in [6.07, 6.45) is 7.23. The van der Waals surface area contributed by atoms with Crippen LogP contribution in [0.5, 0.6) is 0 Å². The number of nitrogens with zero attached hydrogens (tertiary/aromatic N) is 1. The van der Waals surface area contributed by atoms with E-state index in [2.05, 4.69) is 51.2 Å². The van der Waals surface area contributed by atoms with Crippen molar-refractivity contribution < 1.29 is 14.7 Å². The molecule has 0 spiro atoms. The van der Waals surface area contributed by atoms with Gasteiger partial charge in [0.15, 0.2) is 0 Å². The van der Waals surface area contributed by atoms with Crippen molar-refractivity contribution in [1.29, 1.82) is 0 Å². The van der Waals surface area contributed by atoms with Gasteiger partial charge in [0.1, 0.15) is 0 Å². The summed E-state index contributed by atoms with van der Waals surface area (Å²) in [6, 6.07) is 6.16. The molecule has 1 aliphatic heterocycles. The van der Waals surface area contributed by atoms with Gasteiger partial charge in [-0.15, -0.1) is 0 Å². The van der Waals surface area contributed by atoms with E-state index in [1.165, 1.54) is 24.8 Å². The van der Waals surface area contributed by atoms with Crippen LogP contribution in [0, 0.1) is 11.3 Å². The van der Waals surface area contributed by atoms with Gasteiger partial charge in [0, 0.05) is 24.2 Å². The Morgan fingerprint density at radius 1 is 1.32 bits per heavy atom. The van der Waals surface area contributed by atoms with E-state index < -0.39 is 11.2 Å². The number of carbonyl (C=O) groups is 2. The van der Waals surface area contributed by atoms with E-state index in [0.717, 1.165) is 22.3 Å². The van der Waals surface area contributed by atoms with Crippen LogP contribution >= 0.6 is 20.2 Å². The SMILES string of the molecule is CC(C)C1=CN(CCCC(=O)O)C(=O)N[C@@]1(C)Pc1ccc(CCC2(C)CC2)c(Cl)c1. The summed E-state index contributed by atoms with van der Waals surface area (Å²) in [4.78, 5) is 25.2. The van der Waals surface area contributed by atoms with Crippen LogP contribution in [0.4, 0.5) is 4.79 Å². The van der Waals surface area contributed by atoms with Crippen LogP contribution < -0.4 is 10.6 Å². The molecule has 0 radical (unpaired) electrons. The Balaban J connectivity index is 1.73. The number of aryl methyl sites for hydroxylation is 1. The average Bonchev–Trinajstić information content (AvgIpc) is 3.39. The first-order valence-corrected chi connectivity index (χ1v) is 12.5. The van der Waals surface area contributed by atoms with Gasteiger partial charge in [-0.3, -0.25) is 4.79 Å². The van der Waals surface area contributed by atoms with Crippen LogP contribution in [0.2, 0.25) is 5.02 Å². The number of hydrogen-bond acceptors (Lipinski definition) is 2. The molecule has 1 heterocycles. The lowest BCUT2D eigenvalue weighted by molar-refractivity contribution is -0.137. The second-order valence-electron chi connectivity index (χ2n) is 9.73. The third-order valence-electron chi connectivity index (χ3n) is 6.45. The molecule has 2 atom stereocenters. The minimum atomic E-state index is -0.844. The van der Waals surface area contributed by atoms with E-state index in [-0.39, 0.29) is 18.4 Å². The van der Waals surface area contributed by atoms with Crippen molar-refractivity contribution in [1.82, 2.24) is 10.2 Å². The maximum Gasteiger partial charge on any atom is 0.322 e. The molecule has 2 N–H and O–H groups in total. The third kappa shape index (κ3) is 6.23. The van der Waals surface area contributed by atoms with Gasteiger partial charge in [0.25, 0.3) is 0 Å². The number of carboxylic acid groups (broad SMARTS) is 1. The highest BCUT2D eigenvalue weighted by molar-refractivity contribution is 7.49. The molecule has 170 valence electrons. The smallest absolute Gasteiger partial charge is 0.322 e. The van der Waals surface area contributed by atoms with Crippen LogP contribution in [0.25, 0.3) is 0 Å². The topological polar surface area (TPSA) is 69.6 Å². The quantitative estimate of drug-likeness (QED) is 0.448. The maximum atomic E-state index is 12.8. The molecule has 1 saturated carbocycles. The molecular weight excluding hydrogens is 431 g/mol. The Hall–Kier alpha value is -1.58. The Kier molecular flexibility index (Phi) is 7.38. The molecule has 1 fully saturated rings. The lowest BCUT2D eigenvalue weighted by atomic mass is 9.95. The van der Waals surface area contributed by atoms with Crippen LogP contribution in [-0.2, 0) is 11.2 Å². The summed E-state index contributed by atoms with van der Waals surface area (Å²) >= 11 is 6.62. The molecule has 0 saturated heterocycles. The van der Waals surface area contributed by atoms with Crippen molar-refractivity contribution in [3.8, 4) is 0 Å². The molecule has 3 rings (SSSR count). The van der Waals surface area contributed by atoms with Gasteiger partial charge in [-0.2, -0.15) is 0 Å². The van der Waals surface area contributed by atoms with E-state index in [4.69, 9.17) is 16.7 Å². The van der Waals surface area contributed by atoms with Gasteiger partial charge in [-0.25, -0.2) is 4.79 Å². The fraction of sp³-hybridized carbons (Fsp3) is 0.583. The number of carbonyl (C=O) groups excluding carboxylic acids is 1. The lowest BCUT2D eigenvalue weighted by Crippen LogP contribution is -2.55. The zero-order chi connectivity index (χ0) is 22.8. The lowest BCUT2D eigenvalue weighted by Gasteiger charge is -2.42. The van der Waals surface area contributed by atoms with Gasteiger partial charge in [-0.05, 0) is 72.9 Å². The molecule has 5 nitrogen and oxygen atoms in total. The molecule has 0 aromatic heterocycles. The molecule has 0 bridgehead atoms. The first-order valence-electron chi connectivity index (χ1n) is 11.1. The Morgan fingerprint density at radius 2 is 2.03 bits per heavy atom. The summed E-state index contributed by atoms with van der Waals surface area (Å²) < 4.78 is 0. The van der Waals surface area contributed by atoms with E-state index in [9.17, 15) is 9.59 Å². The average molecular weight is 465 g/mol. The normalized spacial score (nSPS) is 22.7. The third-order valence-corrected chi connectivity index (χ3v) is 8.32. The van der Waals surface area contributed by atoms with Gasteiger partial charge in [0.05, 0.1) is 5.28 Å². The van der Waals surface area contributed by atoms with Gasteiger partial charge < -0.3 is 15.3 Å². The summed E-state index contributed by atoms with van der Waals surface area (Å²) in [6.45, 7) is 9.05. The van der Waals surface area contributed by atoms with E-state index in [0.29, 0.717) is 27.0 Å². The fourth-order valence-corrected chi connectivity index (χ4v) is 6.12. The number of benzene rings is 1. The number of carboxylic acids is 1. The Labute approximate surface area is 192 Å². The van der Waals surface area contributed by atoms with Crippen molar-refractivity contribution >= 4 is 37.5 Å². The van der Waals surface area contributed by atoms with Crippen molar-refractivity contribution in [2.75, 3.05) is 6.54 Å². The molecule has 1 aromatic carbocycles. The van der Waals surface area contributed by atoms with Gasteiger partial charge in [0.2, 0.25) is 0 Å². The highest BCUT2D eigenvalue weighted by atomic mass is 35.5. The Morgan fingerprint density at radius 3 is 2.61 bits per heavy atom. The number of rotatable bonds is 10. The zero-order valence-corrected chi connectivity index (χ0v) is 20.7. The minimum Gasteiger partial charge on any atom is -0.481 e. The number of aliphatic carboxylic acids is 1. The molecule has 1 unspecified atom stereocenters. The molecule has 31 heavy (non-hydrogen) atoms. The van der Waals surface area contributed by atoms with Crippen molar-refractivity contribution in [3.05, 3.63) is 40.6 Å². The second-order valence-corrected chi connectivity index (χ2v) is 12.0. The summed E-state index contributed by atoms with van der Waals surface area (Å²) in [7, 11) is 0.345. The largest absolute Gasteiger partial charge is 0.481 e. The predicted octanol–water partition coefficient (Wildman–Crippen LogP) is 5.52. The van der Waals surface area contributed by atoms with Crippen LogP contribution in [0.15, 0.2) is 30.0 Å². The number of halogens is 1. The Bertz CT molecular complexity index is 882. The monoisotopic (exact) mass is 464 g/mol. The molecule has 7 heteroatoms. The standard InChI is InChI=1S/C24H34ClN2O3P/c1-16(2)19-15-27(13-5-6-21(28)29)22(30)26-24(19,4)31-18-8-7-17(20(25)14-18)9-10-23(3)11-12-23/h7-8,14-16,31H,5-6,9-13H2,1-4H3,(H,26,30)(H,28,29)/t24-/m0/s1. The number of urea groups is 1. The summed E-state index contributed by atoms with van der Waals surface area (Å²) in [5.41, 5.74) is 2.85. The molecule has 1 aliphatic carbocycles. The molecule has 1 aromatic rings. The van der Waals surface area contributed by atoms with Crippen molar-refractivity contribution in [3.63, 3.8) is 0 Å². The highest BCUT2D eigenvalue weighted by Crippen LogP contribution is 2.49. The van der Waals surface area contributed by atoms with E-state index >= 15 is 0 Å². The fourth-order valence-electron chi connectivity index (χ4n) is 4.13. The predicted molar refractivity (Wildman–Crippen MR) is 128 cm³/mol. The number of amides is 2. The number of nitrogens with one attached hydrogen (secondary N) is 1. The van der Waals surface area contributed by atoms with Crippen molar-refractivity contribution in [2.45, 2.75) is 71.5 Å². The maximum absolute atomic E-state index is 12.8.